The fourth-order valence-electron chi connectivity index (χ4n) is 2.80. The summed E-state index contributed by atoms with van der Waals surface area (Å²) >= 11 is 1.40. The van der Waals surface area contributed by atoms with Gasteiger partial charge >= 0.3 is 5.97 Å². The van der Waals surface area contributed by atoms with E-state index in [-0.39, 0.29) is 12.1 Å². The Kier molecular flexibility index (Phi) is 3.56. The van der Waals surface area contributed by atoms with Crippen molar-refractivity contribution in [2.45, 2.75) is 31.9 Å². The molecular weight excluding hydrogens is 264 g/mol. The number of esters is 1. The predicted molar refractivity (Wildman–Crippen MR) is 71.5 cm³/mol. The van der Waals surface area contributed by atoms with Gasteiger partial charge in [-0.2, -0.15) is 0 Å². The Labute approximate surface area is 116 Å². The van der Waals surface area contributed by atoms with E-state index in [1.807, 2.05) is 6.92 Å². The summed E-state index contributed by atoms with van der Waals surface area (Å²) in [6.45, 7) is 4.65. The van der Waals surface area contributed by atoms with Crippen LogP contribution in [0.1, 0.15) is 39.3 Å². The highest BCUT2D eigenvalue weighted by Gasteiger charge is 2.34. The van der Waals surface area contributed by atoms with E-state index >= 15 is 0 Å². The predicted octanol–water partition coefficient (Wildman–Crippen LogP) is 1.77. The van der Waals surface area contributed by atoms with Gasteiger partial charge in [0.25, 0.3) is 0 Å². The standard InChI is InChI=1S/C13H18N2O3S/c1-8-11(13(16)17-2)19-12(14-8)10-6-15-5-3-4-9(15)7-18-10/h9-10H,3-7H2,1-2H3. The fraction of sp³-hybridized carbons (Fsp3) is 0.692. The highest BCUT2D eigenvalue weighted by atomic mass is 32.1. The number of rotatable bonds is 2. The first-order valence-electron chi connectivity index (χ1n) is 6.60. The van der Waals surface area contributed by atoms with Crippen LogP contribution in [0, 0.1) is 6.92 Å². The van der Waals surface area contributed by atoms with Gasteiger partial charge in [-0.05, 0) is 26.3 Å². The van der Waals surface area contributed by atoms with Crippen molar-refractivity contribution in [3.8, 4) is 0 Å². The number of nitrogens with zero attached hydrogens (tertiary/aromatic N) is 2. The normalized spacial score (nSPS) is 27.3. The Hall–Kier alpha value is -0.980. The van der Waals surface area contributed by atoms with Gasteiger partial charge < -0.3 is 9.47 Å². The first-order valence-corrected chi connectivity index (χ1v) is 7.42. The highest BCUT2D eigenvalue weighted by Crippen LogP contribution is 2.33. The van der Waals surface area contributed by atoms with Gasteiger partial charge in [0.2, 0.25) is 0 Å². The molecule has 0 bridgehead atoms. The van der Waals surface area contributed by atoms with Crippen LogP contribution in [0.5, 0.6) is 0 Å². The van der Waals surface area contributed by atoms with Gasteiger partial charge in [0.05, 0.1) is 19.4 Å². The molecule has 2 aliphatic rings. The van der Waals surface area contributed by atoms with Crippen LogP contribution >= 0.6 is 11.3 Å². The summed E-state index contributed by atoms with van der Waals surface area (Å²) in [5.74, 6) is -0.309. The van der Waals surface area contributed by atoms with E-state index in [0.717, 1.165) is 30.4 Å². The number of thiazole rings is 1. The number of carbonyl (C=O) groups excluding carboxylic acids is 1. The van der Waals surface area contributed by atoms with Crippen molar-refractivity contribution < 1.29 is 14.3 Å². The van der Waals surface area contributed by atoms with E-state index in [1.165, 1.54) is 31.3 Å². The van der Waals surface area contributed by atoms with Gasteiger partial charge in [-0.15, -0.1) is 11.3 Å². The Bertz CT molecular complexity index is 488. The number of hydrogen-bond acceptors (Lipinski definition) is 6. The largest absolute Gasteiger partial charge is 0.465 e. The van der Waals surface area contributed by atoms with Crippen molar-refractivity contribution >= 4 is 17.3 Å². The van der Waals surface area contributed by atoms with E-state index in [4.69, 9.17) is 9.47 Å². The molecule has 0 radical (unpaired) electrons. The van der Waals surface area contributed by atoms with Crippen molar-refractivity contribution in [2.75, 3.05) is 26.8 Å². The second kappa shape index (κ2) is 5.19. The second-order valence-electron chi connectivity index (χ2n) is 5.07. The number of aryl methyl sites for hydroxylation is 1. The molecule has 0 saturated carbocycles. The summed E-state index contributed by atoms with van der Waals surface area (Å²) in [6.07, 6.45) is 2.48. The number of methoxy groups -OCH3 is 1. The maximum absolute atomic E-state index is 11.6. The maximum Gasteiger partial charge on any atom is 0.349 e. The zero-order chi connectivity index (χ0) is 13.4. The van der Waals surface area contributed by atoms with E-state index in [1.54, 1.807) is 0 Å². The van der Waals surface area contributed by atoms with Crippen LogP contribution in [-0.4, -0.2) is 48.7 Å². The minimum atomic E-state index is -0.309. The molecule has 3 rings (SSSR count). The first kappa shape index (κ1) is 13.0. The Balaban J connectivity index is 1.77. The molecule has 104 valence electrons. The van der Waals surface area contributed by atoms with Crippen LogP contribution in [0.2, 0.25) is 0 Å². The molecule has 0 amide bonds. The SMILES string of the molecule is COC(=O)c1sc(C2CN3CCCC3CO2)nc1C. The summed E-state index contributed by atoms with van der Waals surface area (Å²) < 4.78 is 10.7. The van der Waals surface area contributed by atoms with Gasteiger partial charge in [-0.3, -0.25) is 4.90 Å². The van der Waals surface area contributed by atoms with E-state index in [0.29, 0.717) is 10.9 Å². The molecule has 3 heterocycles. The van der Waals surface area contributed by atoms with Crippen LogP contribution in [0.25, 0.3) is 0 Å². The molecule has 6 heteroatoms. The molecule has 2 fully saturated rings. The van der Waals surface area contributed by atoms with Crippen LogP contribution in [0.15, 0.2) is 0 Å². The quantitative estimate of drug-likeness (QED) is 0.774. The Morgan fingerprint density at radius 3 is 3.21 bits per heavy atom. The van der Waals surface area contributed by atoms with E-state index in [9.17, 15) is 4.79 Å². The van der Waals surface area contributed by atoms with E-state index < -0.39 is 0 Å². The summed E-state index contributed by atoms with van der Waals surface area (Å²) in [5, 5.41) is 0.892. The van der Waals surface area contributed by atoms with Crippen molar-refractivity contribution in [3.05, 3.63) is 15.6 Å². The molecule has 1 aromatic heterocycles. The van der Waals surface area contributed by atoms with E-state index in [2.05, 4.69) is 9.88 Å². The lowest BCUT2D eigenvalue weighted by atomic mass is 10.2. The van der Waals surface area contributed by atoms with Crippen molar-refractivity contribution in [1.82, 2.24) is 9.88 Å². The molecule has 0 spiro atoms. The first-order chi connectivity index (χ1) is 9.19. The van der Waals surface area contributed by atoms with Crippen molar-refractivity contribution in [3.63, 3.8) is 0 Å². The van der Waals surface area contributed by atoms with Crippen LogP contribution in [0.3, 0.4) is 0 Å². The number of ether oxygens (including phenoxy) is 2. The van der Waals surface area contributed by atoms with Crippen molar-refractivity contribution in [2.24, 2.45) is 0 Å². The number of hydrogen-bond donors (Lipinski definition) is 0. The van der Waals surface area contributed by atoms with Crippen LogP contribution in [-0.2, 0) is 9.47 Å². The Morgan fingerprint density at radius 2 is 2.42 bits per heavy atom. The minimum absolute atomic E-state index is 0.00328. The molecule has 2 aliphatic heterocycles. The van der Waals surface area contributed by atoms with Crippen LogP contribution < -0.4 is 0 Å². The lowest BCUT2D eigenvalue weighted by Gasteiger charge is -2.34. The summed E-state index contributed by atoms with van der Waals surface area (Å²) in [5.41, 5.74) is 0.735. The fourth-order valence-corrected chi connectivity index (χ4v) is 3.83. The van der Waals surface area contributed by atoms with Crippen LogP contribution in [0.4, 0.5) is 0 Å². The Morgan fingerprint density at radius 1 is 1.58 bits per heavy atom. The third-order valence-electron chi connectivity index (χ3n) is 3.85. The molecule has 1 aromatic rings. The topological polar surface area (TPSA) is 51.7 Å². The molecule has 2 saturated heterocycles. The molecule has 0 aliphatic carbocycles. The lowest BCUT2D eigenvalue weighted by Crippen LogP contribution is -2.42. The molecule has 0 N–H and O–H groups in total. The third-order valence-corrected chi connectivity index (χ3v) is 5.08. The third kappa shape index (κ3) is 2.40. The van der Waals surface area contributed by atoms with Gasteiger partial charge in [-0.25, -0.2) is 9.78 Å². The summed E-state index contributed by atoms with van der Waals surface area (Å²) in [6, 6.07) is 0.581. The molecule has 5 nitrogen and oxygen atoms in total. The summed E-state index contributed by atoms with van der Waals surface area (Å²) in [7, 11) is 1.40. The monoisotopic (exact) mass is 282 g/mol. The van der Waals surface area contributed by atoms with Gasteiger partial charge in [0.1, 0.15) is 16.0 Å². The average Bonchev–Trinajstić information content (AvgIpc) is 3.03. The highest BCUT2D eigenvalue weighted by molar-refractivity contribution is 7.13. The number of aromatic nitrogens is 1. The molecule has 2 atom stereocenters. The maximum atomic E-state index is 11.6. The lowest BCUT2D eigenvalue weighted by molar-refractivity contribution is -0.0502. The second-order valence-corrected chi connectivity index (χ2v) is 6.10. The van der Waals surface area contributed by atoms with Gasteiger partial charge in [0.15, 0.2) is 0 Å². The summed E-state index contributed by atoms with van der Waals surface area (Å²) in [4.78, 5) is 19.2. The zero-order valence-electron chi connectivity index (χ0n) is 11.2. The number of morpholine rings is 1. The molecule has 2 unspecified atom stereocenters. The molecule has 0 aromatic carbocycles. The minimum Gasteiger partial charge on any atom is -0.465 e. The van der Waals surface area contributed by atoms with Gasteiger partial charge in [-0.1, -0.05) is 0 Å². The zero-order valence-corrected chi connectivity index (χ0v) is 12.0. The molecular formula is C13H18N2O3S. The smallest absolute Gasteiger partial charge is 0.349 e. The number of carbonyl (C=O) groups is 1. The van der Waals surface area contributed by atoms with Crippen molar-refractivity contribution in [1.29, 1.82) is 0 Å². The van der Waals surface area contributed by atoms with Gasteiger partial charge in [0, 0.05) is 12.6 Å². The number of fused-ring (bicyclic) bond motifs is 1. The molecule has 19 heavy (non-hydrogen) atoms. The average molecular weight is 282 g/mol.